The first-order valence-electron chi connectivity index (χ1n) is 17.3. The van der Waals surface area contributed by atoms with Gasteiger partial charge >= 0.3 is 0 Å². The zero-order valence-corrected chi connectivity index (χ0v) is 27.6. The molecule has 0 bridgehead atoms. The Kier molecular flexibility index (Phi) is 7.44. The molecule has 0 aromatic heterocycles. The van der Waals surface area contributed by atoms with Gasteiger partial charge in [0.05, 0.1) is 5.41 Å². The van der Waals surface area contributed by atoms with Gasteiger partial charge in [0.25, 0.3) is 0 Å². The minimum Gasteiger partial charge on any atom is -0.355 e. The predicted octanol–water partition coefficient (Wildman–Crippen LogP) is 12.8. The summed E-state index contributed by atoms with van der Waals surface area (Å²) in [4.78, 5) is 0. The lowest BCUT2D eigenvalue weighted by Crippen LogP contribution is -2.35. The van der Waals surface area contributed by atoms with Crippen molar-refractivity contribution in [2.75, 3.05) is 5.32 Å². The summed E-state index contributed by atoms with van der Waals surface area (Å²) in [6.07, 6.45) is 0. The van der Waals surface area contributed by atoms with E-state index in [1.807, 2.05) is 0 Å². The van der Waals surface area contributed by atoms with E-state index in [0.717, 1.165) is 11.4 Å². The zero-order chi connectivity index (χ0) is 33.3. The monoisotopic (exact) mass is 637 g/mol. The molecule has 1 heterocycles. The summed E-state index contributed by atoms with van der Waals surface area (Å²) in [5.41, 5.74) is 16.2. The van der Waals surface area contributed by atoms with Crippen molar-refractivity contribution in [1.82, 2.24) is 0 Å². The number of rotatable bonds is 6. The molecule has 8 aromatic carbocycles. The number of hydrogen-bond donors (Lipinski definition) is 1. The summed E-state index contributed by atoms with van der Waals surface area (Å²) < 4.78 is 0. The van der Waals surface area contributed by atoms with Crippen LogP contribution in [0.4, 0.5) is 11.4 Å². The number of anilines is 2. The van der Waals surface area contributed by atoms with E-state index in [9.17, 15) is 0 Å². The molecule has 1 N–H and O–H groups in total. The highest BCUT2D eigenvalue weighted by molar-refractivity contribution is 5.87. The Hall–Kier alpha value is -6.44. The first-order valence-corrected chi connectivity index (χ1v) is 17.3. The number of nitrogens with one attached hydrogen (secondary N) is 1. The van der Waals surface area contributed by atoms with Crippen LogP contribution in [-0.4, -0.2) is 0 Å². The first kappa shape index (κ1) is 29.7. The van der Waals surface area contributed by atoms with E-state index < -0.39 is 5.41 Å². The van der Waals surface area contributed by atoms with Crippen LogP contribution in [0.2, 0.25) is 0 Å². The fourth-order valence-electron chi connectivity index (χ4n) is 7.76. The van der Waals surface area contributed by atoms with Crippen LogP contribution in [0.3, 0.4) is 0 Å². The van der Waals surface area contributed by atoms with Crippen molar-refractivity contribution < 1.29 is 0 Å². The molecule has 1 nitrogen and oxygen atoms in total. The van der Waals surface area contributed by atoms with Crippen molar-refractivity contribution in [3.05, 3.63) is 229 Å². The van der Waals surface area contributed by atoms with Gasteiger partial charge in [-0.05, 0) is 103 Å². The molecule has 1 aliphatic heterocycles. The molecule has 50 heavy (non-hydrogen) atoms. The molecule has 0 atom stereocenters. The van der Waals surface area contributed by atoms with E-state index in [-0.39, 0.29) is 0 Å². The highest BCUT2D eigenvalue weighted by Gasteiger charge is 2.44. The van der Waals surface area contributed by atoms with E-state index in [0.29, 0.717) is 0 Å². The maximum absolute atomic E-state index is 3.87. The van der Waals surface area contributed by atoms with Gasteiger partial charge in [-0.3, -0.25) is 0 Å². The van der Waals surface area contributed by atoms with Crippen molar-refractivity contribution >= 4 is 11.4 Å². The topological polar surface area (TPSA) is 12.0 Å². The molecule has 0 radical (unpaired) electrons. The molecule has 0 saturated carbocycles. The Morgan fingerprint density at radius 1 is 0.260 bits per heavy atom. The third-order valence-electron chi connectivity index (χ3n) is 10.1. The Morgan fingerprint density at radius 3 is 0.980 bits per heavy atom. The van der Waals surface area contributed by atoms with Gasteiger partial charge in [-0.15, -0.1) is 0 Å². The quantitative estimate of drug-likeness (QED) is 0.191. The van der Waals surface area contributed by atoms with E-state index in [1.54, 1.807) is 0 Å². The second-order valence-electron chi connectivity index (χ2n) is 13.0. The van der Waals surface area contributed by atoms with Gasteiger partial charge in [-0.1, -0.05) is 170 Å². The fourth-order valence-corrected chi connectivity index (χ4v) is 7.76. The molecule has 0 unspecified atom stereocenters. The molecule has 8 aromatic rings. The summed E-state index contributed by atoms with van der Waals surface area (Å²) in [5.74, 6) is 0. The molecule has 1 aliphatic rings. The van der Waals surface area contributed by atoms with Gasteiger partial charge < -0.3 is 5.32 Å². The van der Waals surface area contributed by atoms with E-state index in [4.69, 9.17) is 0 Å². The minimum atomic E-state index is -0.571. The minimum absolute atomic E-state index is 0.571. The van der Waals surface area contributed by atoms with Crippen molar-refractivity contribution in [3.8, 4) is 44.5 Å². The van der Waals surface area contributed by atoms with E-state index in [2.05, 4.69) is 212 Å². The second kappa shape index (κ2) is 12.5. The van der Waals surface area contributed by atoms with Crippen LogP contribution in [-0.2, 0) is 5.41 Å². The van der Waals surface area contributed by atoms with Crippen LogP contribution < -0.4 is 5.32 Å². The summed E-state index contributed by atoms with van der Waals surface area (Å²) in [7, 11) is 0. The van der Waals surface area contributed by atoms with Crippen molar-refractivity contribution in [1.29, 1.82) is 0 Å². The van der Waals surface area contributed by atoms with Gasteiger partial charge in [-0.25, -0.2) is 0 Å². The average Bonchev–Trinajstić information content (AvgIpc) is 3.21. The zero-order valence-electron chi connectivity index (χ0n) is 27.6. The normalized spacial score (nSPS) is 12.7. The predicted molar refractivity (Wildman–Crippen MR) is 210 cm³/mol. The highest BCUT2D eigenvalue weighted by atomic mass is 14.9. The van der Waals surface area contributed by atoms with Gasteiger partial charge in [0.15, 0.2) is 0 Å². The largest absolute Gasteiger partial charge is 0.355 e. The molecule has 0 fully saturated rings. The maximum atomic E-state index is 3.87. The van der Waals surface area contributed by atoms with Crippen molar-refractivity contribution in [2.45, 2.75) is 5.41 Å². The van der Waals surface area contributed by atoms with Crippen LogP contribution in [0.5, 0.6) is 0 Å². The van der Waals surface area contributed by atoms with Crippen LogP contribution in [0.25, 0.3) is 44.5 Å². The van der Waals surface area contributed by atoms with E-state index in [1.165, 1.54) is 66.8 Å². The first-order chi connectivity index (χ1) is 24.8. The molecular formula is C49H35N. The third kappa shape index (κ3) is 5.12. The van der Waals surface area contributed by atoms with Crippen LogP contribution in [0.1, 0.15) is 22.3 Å². The Labute approximate surface area is 294 Å². The second-order valence-corrected chi connectivity index (χ2v) is 13.0. The lowest BCUT2D eigenvalue weighted by Gasteiger charge is -2.43. The average molecular weight is 638 g/mol. The Morgan fingerprint density at radius 2 is 0.580 bits per heavy atom. The third-order valence-corrected chi connectivity index (χ3v) is 10.1. The van der Waals surface area contributed by atoms with Gasteiger partial charge in [-0.2, -0.15) is 0 Å². The van der Waals surface area contributed by atoms with Crippen LogP contribution >= 0.6 is 0 Å². The smallest absolute Gasteiger partial charge is 0.0742 e. The molecule has 0 aliphatic carbocycles. The molecule has 0 amide bonds. The SMILES string of the molecule is c1ccc(-c2cccc(-c3ccc4c(c3)C(c3ccccc3)(c3ccccc3)c3cc(-c5cccc(-c6ccccc6)c5)ccc3N4)c2)cc1. The van der Waals surface area contributed by atoms with Crippen molar-refractivity contribution in [2.24, 2.45) is 0 Å². The van der Waals surface area contributed by atoms with Crippen molar-refractivity contribution in [3.63, 3.8) is 0 Å². The summed E-state index contributed by atoms with van der Waals surface area (Å²) >= 11 is 0. The van der Waals surface area contributed by atoms with Gasteiger partial charge in [0, 0.05) is 11.4 Å². The Balaban J connectivity index is 1.28. The lowest BCUT2D eigenvalue weighted by atomic mass is 9.62. The maximum Gasteiger partial charge on any atom is 0.0742 e. The van der Waals surface area contributed by atoms with Gasteiger partial charge in [0.1, 0.15) is 0 Å². The standard InChI is InChI=1S/C49H35N/c1-5-15-35(16-6-1)37-19-13-21-39(31-37)41-27-29-47-45(33-41)49(43-23-9-3-10-24-43,44-25-11-4-12-26-44)46-34-42(28-30-48(46)50-47)40-22-14-20-38(32-40)36-17-7-2-8-18-36/h1-34,50H. The summed E-state index contributed by atoms with van der Waals surface area (Å²) in [5, 5.41) is 3.87. The summed E-state index contributed by atoms with van der Waals surface area (Å²) in [6.45, 7) is 0. The number of fused-ring (bicyclic) bond motifs is 2. The molecular weight excluding hydrogens is 603 g/mol. The fraction of sp³-hybridized carbons (Fsp3) is 0.0204. The molecule has 0 spiro atoms. The van der Waals surface area contributed by atoms with Crippen LogP contribution in [0.15, 0.2) is 206 Å². The Bertz CT molecular complexity index is 2260. The number of hydrogen-bond acceptors (Lipinski definition) is 1. The molecule has 236 valence electrons. The van der Waals surface area contributed by atoms with E-state index >= 15 is 0 Å². The molecule has 1 heteroatoms. The van der Waals surface area contributed by atoms with Gasteiger partial charge in [0.2, 0.25) is 0 Å². The highest BCUT2D eigenvalue weighted by Crippen LogP contribution is 2.55. The van der Waals surface area contributed by atoms with Crippen LogP contribution in [0, 0.1) is 0 Å². The number of benzene rings is 8. The molecule has 0 saturated heterocycles. The lowest BCUT2D eigenvalue weighted by molar-refractivity contribution is 0.741. The molecule has 9 rings (SSSR count). The summed E-state index contributed by atoms with van der Waals surface area (Å²) in [6, 6.07) is 75.0.